The van der Waals surface area contributed by atoms with E-state index in [9.17, 15) is 30.3 Å². The smallest absolute Gasteiger partial charge is 0.251 e. The van der Waals surface area contributed by atoms with Crippen LogP contribution in [-0.4, -0.2) is 135 Å². The zero-order valence-corrected chi connectivity index (χ0v) is 25.8. The van der Waals surface area contributed by atoms with Crippen LogP contribution in [-0.2, 0) is 28.5 Å². The van der Waals surface area contributed by atoms with Crippen molar-refractivity contribution in [2.45, 2.75) is 145 Å². The summed E-state index contributed by atoms with van der Waals surface area (Å²) in [4.78, 5) is 14.9. The SMILES string of the molecule is CCC1CCC[C@@H](O[C@@H]2O[C@@H](CO)[C@H](O)C(O[C@@H](CC(C)C)C(=O)N3CCC3)C2Cl)[C@@H]1O[C@@H]1OC(C)[C@@H](O)[C@H](O)C1O. The number of halogens is 1. The highest BCUT2D eigenvalue weighted by Crippen LogP contribution is 2.38. The van der Waals surface area contributed by atoms with E-state index in [1.54, 1.807) is 11.8 Å². The highest BCUT2D eigenvalue weighted by molar-refractivity contribution is 6.21. The first-order chi connectivity index (χ1) is 20.0. The van der Waals surface area contributed by atoms with Gasteiger partial charge < -0.3 is 54.1 Å². The third kappa shape index (κ3) is 7.59. The average Bonchev–Trinajstić information content (AvgIpc) is 2.93. The zero-order valence-electron chi connectivity index (χ0n) is 25.0. The van der Waals surface area contributed by atoms with Gasteiger partial charge in [-0.05, 0) is 44.4 Å². The first-order valence-corrected chi connectivity index (χ1v) is 15.9. The lowest BCUT2D eigenvalue weighted by Gasteiger charge is -2.47. The molecule has 0 aromatic rings. The number of rotatable bonds is 11. The van der Waals surface area contributed by atoms with Gasteiger partial charge in [0, 0.05) is 13.1 Å². The van der Waals surface area contributed by atoms with Crippen molar-refractivity contribution in [3.8, 4) is 0 Å². The van der Waals surface area contributed by atoms with Gasteiger partial charge in [0.15, 0.2) is 12.6 Å². The molecule has 0 aromatic heterocycles. The van der Waals surface area contributed by atoms with Gasteiger partial charge in [-0.2, -0.15) is 0 Å². The van der Waals surface area contributed by atoms with Crippen molar-refractivity contribution >= 4 is 17.5 Å². The Morgan fingerprint density at radius 2 is 1.67 bits per heavy atom. The summed E-state index contributed by atoms with van der Waals surface area (Å²) in [6.07, 6.45) is -8.14. The molecule has 4 aliphatic rings. The third-order valence-corrected chi connectivity index (χ3v) is 9.51. The molecule has 14 atom stereocenters. The van der Waals surface area contributed by atoms with Gasteiger partial charge in [-0.15, -0.1) is 11.6 Å². The number of alkyl halides is 1. The predicted molar refractivity (Wildman–Crippen MR) is 150 cm³/mol. The molecule has 4 fully saturated rings. The maximum Gasteiger partial charge on any atom is 0.251 e. The number of nitrogens with zero attached hydrogens (tertiary/aromatic N) is 1. The van der Waals surface area contributed by atoms with E-state index >= 15 is 0 Å². The van der Waals surface area contributed by atoms with Crippen LogP contribution in [0.3, 0.4) is 0 Å². The Morgan fingerprint density at radius 1 is 0.952 bits per heavy atom. The van der Waals surface area contributed by atoms with E-state index in [4.69, 9.17) is 35.3 Å². The van der Waals surface area contributed by atoms with Crippen molar-refractivity contribution in [1.29, 1.82) is 0 Å². The number of hydrogen-bond donors (Lipinski definition) is 5. The molecular formula is C29H50ClNO11. The highest BCUT2D eigenvalue weighted by Gasteiger charge is 2.51. The number of ether oxygens (including phenoxy) is 5. The predicted octanol–water partition coefficient (Wildman–Crippen LogP) is 0.512. The van der Waals surface area contributed by atoms with Gasteiger partial charge in [0.1, 0.15) is 48.1 Å². The number of amides is 1. The number of carbonyl (C=O) groups excluding carboxylic acids is 1. The van der Waals surface area contributed by atoms with Crippen LogP contribution >= 0.6 is 11.6 Å². The fourth-order valence-electron chi connectivity index (χ4n) is 6.32. The molecule has 0 bridgehead atoms. The summed E-state index contributed by atoms with van der Waals surface area (Å²) in [5, 5.41) is 51.1. The van der Waals surface area contributed by atoms with E-state index in [1.807, 2.05) is 20.8 Å². The normalized spacial score (nSPS) is 43.7. The minimum Gasteiger partial charge on any atom is -0.394 e. The van der Waals surface area contributed by atoms with E-state index in [1.165, 1.54) is 0 Å². The third-order valence-electron chi connectivity index (χ3n) is 9.06. The zero-order chi connectivity index (χ0) is 30.7. The van der Waals surface area contributed by atoms with Gasteiger partial charge in [-0.1, -0.05) is 33.6 Å². The molecule has 0 spiro atoms. The Balaban J connectivity index is 1.51. The maximum atomic E-state index is 13.2. The molecule has 1 amide bonds. The molecule has 0 radical (unpaired) electrons. The summed E-state index contributed by atoms with van der Waals surface area (Å²) in [5.74, 6) is 0.0409. The molecule has 1 saturated carbocycles. The molecular weight excluding hydrogens is 574 g/mol. The fraction of sp³-hybridized carbons (Fsp3) is 0.966. The monoisotopic (exact) mass is 623 g/mol. The molecule has 3 aliphatic heterocycles. The van der Waals surface area contributed by atoms with E-state index in [0.717, 1.165) is 25.7 Å². The second-order valence-electron chi connectivity index (χ2n) is 12.6. The van der Waals surface area contributed by atoms with Gasteiger partial charge in [0.25, 0.3) is 5.91 Å². The molecule has 0 aromatic carbocycles. The quantitative estimate of drug-likeness (QED) is 0.203. The number of carbonyl (C=O) groups is 1. The second kappa shape index (κ2) is 15.1. The number of likely N-dealkylation sites (tertiary alicyclic amines) is 1. The van der Waals surface area contributed by atoms with Crippen molar-refractivity contribution < 1.29 is 54.0 Å². The molecule has 13 heteroatoms. The van der Waals surface area contributed by atoms with Crippen LogP contribution in [0, 0.1) is 11.8 Å². The van der Waals surface area contributed by atoms with E-state index < -0.39 is 85.6 Å². The van der Waals surface area contributed by atoms with Crippen LogP contribution in [0.5, 0.6) is 0 Å². The van der Waals surface area contributed by atoms with Gasteiger partial charge in [-0.3, -0.25) is 4.79 Å². The van der Waals surface area contributed by atoms with Crippen molar-refractivity contribution in [2.75, 3.05) is 19.7 Å². The van der Waals surface area contributed by atoms with Crippen molar-refractivity contribution in [1.82, 2.24) is 4.90 Å². The summed E-state index contributed by atoms with van der Waals surface area (Å²) in [6.45, 7) is 8.41. The molecule has 12 nitrogen and oxygen atoms in total. The molecule has 5 N–H and O–H groups in total. The van der Waals surface area contributed by atoms with E-state index in [-0.39, 0.29) is 17.7 Å². The van der Waals surface area contributed by atoms with Crippen LogP contribution in [0.15, 0.2) is 0 Å². The van der Waals surface area contributed by atoms with Gasteiger partial charge in [-0.25, -0.2) is 0 Å². The Hall–Kier alpha value is -0.640. The van der Waals surface area contributed by atoms with Crippen LogP contribution in [0.4, 0.5) is 0 Å². The lowest BCUT2D eigenvalue weighted by molar-refractivity contribution is -0.333. The summed E-state index contributed by atoms with van der Waals surface area (Å²) < 4.78 is 30.6. The summed E-state index contributed by atoms with van der Waals surface area (Å²) >= 11 is 6.88. The Labute approximate surface area is 253 Å². The minimum absolute atomic E-state index is 0.0343. The number of hydrogen-bond acceptors (Lipinski definition) is 11. The molecule has 5 unspecified atom stereocenters. The average molecular weight is 624 g/mol. The number of aliphatic hydroxyl groups excluding tert-OH is 5. The van der Waals surface area contributed by atoms with Gasteiger partial charge in [0.2, 0.25) is 0 Å². The van der Waals surface area contributed by atoms with Crippen LogP contribution in [0.2, 0.25) is 0 Å². The van der Waals surface area contributed by atoms with Crippen LogP contribution < -0.4 is 0 Å². The van der Waals surface area contributed by atoms with Gasteiger partial charge >= 0.3 is 0 Å². The summed E-state index contributed by atoms with van der Waals surface area (Å²) in [7, 11) is 0. The maximum absolute atomic E-state index is 13.2. The van der Waals surface area contributed by atoms with Crippen LogP contribution in [0.25, 0.3) is 0 Å². The fourth-order valence-corrected chi connectivity index (χ4v) is 6.64. The molecule has 42 heavy (non-hydrogen) atoms. The Morgan fingerprint density at radius 3 is 2.26 bits per heavy atom. The van der Waals surface area contributed by atoms with Gasteiger partial charge in [0.05, 0.1) is 24.9 Å². The standard InChI is InChI=1S/C29H50ClNO11/c1-5-16-8-6-9-17(25(16)42-29-24(36)23(35)21(33)15(4)38-29)40-28-20(30)26(22(34)19(13-32)41-28)39-18(12-14(2)3)27(37)31-10-7-11-31/h14-26,28-29,32-36H,5-13H2,1-4H3/t15?,16?,17-,18+,19+,20?,21-,22+,23+,24?,25-,26?,28-,29+/m1/s1. The second-order valence-corrected chi connectivity index (χ2v) is 13.1. The number of aliphatic hydroxyl groups is 5. The Kier molecular flexibility index (Phi) is 12.3. The summed E-state index contributed by atoms with van der Waals surface area (Å²) in [6, 6.07) is 0. The van der Waals surface area contributed by atoms with E-state index in [2.05, 4.69) is 0 Å². The molecule has 3 heterocycles. The molecule has 244 valence electrons. The topological polar surface area (TPSA) is 168 Å². The molecule has 1 aliphatic carbocycles. The largest absolute Gasteiger partial charge is 0.394 e. The van der Waals surface area contributed by atoms with Crippen molar-refractivity contribution in [3.05, 3.63) is 0 Å². The molecule has 4 rings (SSSR count). The lowest BCUT2D eigenvalue weighted by atomic mass is 9.82. The highest BCUT2D eigenvalue weighted by atomic mass is 35.5. The van der Waals surface area contributed by atoms with E-state index in [0.29, 0.717) is 25.9 Å². The minimum atomic E-state index is -1.46. The van der Waals surface area contributed by atoms with Crippen molar-refractivity contribution in [3.63, 3.8) is 0 Å². The molecule has 3 saturated heterocycles. The lowest BCUT2D eigenvalue weighted by Crippen LogP contribution is -2.62. The first-order valence-electron chi connectivity index (χ1n) is 15.5. The van der Waals surface area contributed by atoms with Crippen LogP contribution in [0.1, 0.15) is 66.2 Å². The van der Waals surface area contributed by atoms with Crippen molar-refractivity contribution in [2.24, 2.45) is 11.8 Å². The Bertz CT molecular complexity index is 865. The first kappa shape index (κ1) is 34.2. The summed E-state index contributed by atoms with van der Waals surface area (Å²) in [5.41, 5.74) is 0.